The summed E-state index contributed by atoms with van der Waals surface area (Å²) in [5, 5.41) is 3.33. The maximum absolute atomic E-state index is 5.00. The number of hydrogen-bond acceptors (Lipinski definition) is 3. The van der Waals surface area contributed by atoms with Crippen LogP contribution in [0.2, 0.25) is 0 Å². The van der Waals surface area contributed by atoms with Gasteiger partial charge >= 0.3 is 0 Å². The third kappa shape index (κ3) is 4.33. The molecular formula is C16H21N3O. The number of nitrogens with one attached hydrogen (secondary N) is 1. The van der Waals surface area contributed by atoms with Gasteiger partial charge in [0.1, 0.15) is 0 Å². The van der Waals surface area contributed by atoms with Gasteiger partial charge in [-0.05, 0) is 24.6 Å². The molecule has 0 amide bonds. The number of methoxy groups -OCH3 is 1. The zero-order chi connectivity index (χ0) is 14.2. The first kappa shape index (κ1) is 14.5. The Bertz CT molecular complexity index is 529. The lowest BCUT2D eigenvalue weighted by Crippen LogP contribution is -2.20. The highest BCUT2D eigenvalue weighted by Gasteiger charge is 1.96. The molecule has 20 heavy (non-hydrogen) atoms. The fourth-order valence-electron chi connectivity index (χ4n) is 1.95. The van der Waals surface area contributed by atoms with Crippen LogP contribution in [0, 0.1) is 0 Å². The lowest BCUT2D eigenvalue weighted by molar-refractivity contribution is 0.200. The van der Waals surface area contributed by atoms with Crippen molar-refractivity contribution in [3.8, 4) is 5.69 Å². The van der Waals surface area contributed by atoms with Crippen LogP contribution in [0.25, 0.3) is 11.8 Å². The van der Waals surface area contributed by atoms with Crippen LogP contribution >= 0.6 is 0 Å². The lowest BCUT2D eigenvalue weighted by Gasteiger charge is -2.05. The van der Waals surface area contributed by atoms with Gasteiger partial charge in [-0.15, -0.1) is 0 Å². The largest absolute Gasteiger partial charge is 0.383 e. The average molecular weight is 271 g/mol. The van der Waals surface area contributed by atoms with Crippen LogP contribution < -0.4 is 5.32 Å². The summed E-state index contributed by atoms with van der Waals surface area (Å²) >= 11 is 0. The third-order valence-electron chi connectivity index (χ3n) is 3.00. The molecule has 4 heteroatoms. The van der Waals surface area contributed by atoms with E-state index in [1.807, 2.05) is 10.8 Å². The first-order valence-corrected chi connectivity index (χ1v) is 6.75. The van der Waals surface area contributed by atoms with E-state index in [1.165, 1.54) is 11.1 Å². The first-order valence-electron chi connectivity index (χ1n) is 6.75. The van der Waals surface area contributed by atoms with Crippen molar-refractivity contribution in [3.63, 3.8) is 0 Å². The van der Waals surface area contributed by atoms with Crippen LogP contribution in [0.3, 0.4) is 0 Å². The second-order valence-electron chi connectivity index (χ2n) is 4.72. The van der Waals surface area contributed by atoms with Crippen molar-refractivity contribution in [1.82, 2.24) is 14.9 Å². The fourth-order valence-corrected chi connectivity index (χ4v) is 1.95. The molecule has 0 spiro atoms. The molecule has 0 atom stereocenters. The predicted molar refractivity (Wildman–Crippen MR) is 82.0 cm³/mol. The van der Waals surface area contributed by atoms with E-state index in [4.69, 9.17) is 4.74 Å². The molecule has 0 aliphatic rings. The van der Waals surface area contributed by atoms with Crippen molar-refractivity contribution in [1.29, 1.82) is 0 Å². The molecule has 0 unspecified atom stereocenters. The molecule has 2 aromatic rings. The molecule has 0 bridgehead atoms. The molecular weight excluding hydrogens is 250 g/mol. The van der Waals surface area contributed by atoms with Gasteiger partial charge in [0.15, 0.2) is 0 Å². The number of nitrogens with zero attached hydrogens (tertiary/aromatic N) is 2. The highest BCUT2D eigenvalue weighted by atomic mass is 16.5. The summed E-state index contributed by atoms with van der Waals surface area (Å²) in [5.74, 6) is 0. The summed E-state index contributed by atoms with van der Waals surface area (Å²) in [6, 6.07) is 8.43. The van der Waals surface area contributed by atoms with E-state index < -0.39 is 0 Å². The predicted octanol–water partition coefficient (Wildman–Crippen LogP) is 2.51. The average Bonchev–Trinajstić information content (AvgIpc) is 2.99. The van der Waals surface area contributed by atoms with Crippen molar-refractivity contribution >= 4 is 6.08 Å². The van der Waals surface area contributed by atoms with E-state index in [2.05, 4.69) is 47.6 Å². The van der Waals surface area contributed by atoms with Crippen LogP contribution in [0.1, 0.15) is 12.5 Å². The summed E-state index contributed by atoms with van der Waals surface area (Å²) < 4.78 is 6.99. The lowest BCUT2D eigenvalue weighted by atomic mass is 10.1. The monoisotopic (exact) mass is 271 g/mol. The van der Waals surface area contributed by atoms with Crippen LogP contribution in [-0.2, 0) is 4.74 Å². The number of ether oxygens (including phenoxy) is 1. The fraction of sp³-hybridized carbons (Fsp3) is 0.312. The Morgan fingerprint density at radius 2 is 2.15 bits per heavy atom. The third-order valence-corrected chi connectivity index (χ3v) is 3.00. The zero-order valence-corrected chi connectivity index (χ0v) is 12.0. The van der Waals surface area contributed by atoms with Gasteiger partial charge < -0.3 is 14.6 Å². The van der Waals surface area contributed by atoms with Crippen LogP contribution in [0.5, 0.6) is 0 Å². The number of imidazole rings is 1. The van der Waals surface area contributed by atoms with Crippen LogP contribution in [-0.4, -0.2) is 36.4 Å². The Kier molecular flexibility index (Phi) is 5.53. The van der Waals surface area contributed by atoms with Gasteiger partial charge in [-0.1, -0.05) is 23.8 Å². The van der Waals surface area contributed by atoms with Gasteiger partial charge in [0.05, 0.1) is 12.9 Å². The van der Waals surface area contributed by atoms with Gasteiger partial charge in [0.2, 0.25) is 0 Å². The second-order valence-corrected chi connectivity index (χ2v) is 4.72. The number of aromatic nitrogens is 2. The molecule has 0 fully saturated rings. The number of benzene rings is 1. The Labute approximate surface area is 120 Å². The Hall–Kier alpha value is -1.91. The summed E-state index contributed by atoms with van der Waals surface area (Å²) in [6.07, 6.45) is 7.72. The molecule has 2 rings (SSSR count). The molecule has 0 aliphatic carbocycles. The van der Waals surface area contributed by atoms with Gasteiger partial charge in [-0.2, -0.15) is 0 Å². The van der Waals surface area contributed by atoms with E-state index in [1.54, 1.807) is 19.6 Å². The zero-order valence-electron chi connectivity index (χ0n) is 12.0. The van der Waals surface area contributed by atoms with Crippen molar-refractivity contribution in [2.24, 2.45) is 0 Å². The van der Waals surface area contributed by atoms with Crippen LogP contribution in [0.4, 0.5) is 0 Å². The quantitative estimate of drug-likeness (QED) is 0.786. The van der Waals surface area contributed by atoms with E-state index in [0.717, 1.165) is 25.4 Å². The van der Waals surface area contributed by atoms with E-state index >= 15 is 0 Å². The SMILES string of the molecule is COCCNCC(C)=Cc1ccc(-n2ccnc2)cc1. The van der Waals surface area contributed by atoms with E-state index in [9.17, 15) is 0 Å². The standard InChI is InChI=1S/C16H21N3O/c1-14(12-17-8-10-20-2)11-15-3-5-16(6-4-15)19-9-7-18-13-19/h3-7,9,11,13,17H,8,10,12H2,1-2H3. The van der Waals surface area contributed by atoms with Gasteiger partial charge in [-0.3, -0.25) is 0 Å². The maximum atomic E-state index is 5.00. The topological polar surface area (TPSA) is 39.1 Å². The molecule has 0 aliphatic heterocycles. The Morgan fingerprint density at radius 1 is 1.35 bits per heavy atom. The summed E-state index contributed by atoms with van der Waals surface area (Å²) in [4.78, 5) is 4.05. The molecule has 0 radical (unpaired) electrons. The van der Waals surface area contributed by atoms with Crippen molar-refractivity contribution in [2.75, 3.05) is 26.8 Å². The van der Waals surface area contributed by atoms with E-state index in [0.29, 0.717) is 0 Å². The van der Waals surface area contributed by atoms with Crippen molar-refractivity contribution < 1.29 is 4.74 Å². The highest BCUT2D eigenvalue weighted by molar-refractivity contribution is 5.54. The molecule has 4 nitrogen and oxygen atoms in total. The molecule has 0 saturated carbocycles. The van der Waals surface area contributed by atoms with Crippen molar-refractivity contribution in [3.05, 3.63) is 54.1 Å². The molecule has 0 saturated heterocycles. The minimum Gasteiger partial charge on any atom is -0.383 e. The Balaban J connectivity index is 1.92. The van der Waals surface area contributed by atoms with Crippen LogP contribution in [0.15, 0.2) is 48.6 Å². The number of hydrogen-bond donors (Lipinski definition) is 1. The van der Waals surface area contributed by atoms with Gasteiger partial charge in [-0.25, -0.2) is 4.98 Å². The van der Waals surface area contributed by atoms with Gasteiger partial charge in [0, 0.05) is 38.3 Å². The normalized spacial score (nSPS) is 11.8. The second kappa shape index (κ2) is 7.62. The summed E-state index contributed by atoms with van der Waals surface area (Å²) in [7, 11) is 1.71. The Morgan fingerprint density at radius 3 is 2.80 bits per heavy atom. The molecule has 1 N–H and O–H groups in total. The van der Waals surface area contributed by atoms with Gasteiger partial charge in [0.25, 0.3) is 0 Å². The molecule has 106 valence electrons. The smallest absolute Gasteiger partial charge is 0.0991 e. The number of rotatable bonds is 7. The molecule has 1 heterocycles. The molecule has 1 aromatic heterocycles. The minimum atomic E-state index is 0.743. The first-order chi connectivity index (χ1) is 9.79. The molecule has 1 aromatic carbocycles. The van der Waals surface area contributed by atoms with E-state index in [-0.39, 0.29) is 0 Å². The summed E-state index contributed by atoms with van der Waals surface area (Å²) in [6.45, 7) is 4.63. The summed E-state index contributed by atoms with van der Waals surface area (Å²) in [5.41, 5.74) is 3.63. The van der Waals surface area contributed by atoms with Crippen molar-refractivity contribution in [2.45, 2.75) is 6.92 Å². The maximum Gasteiger partial charge on any atom is 0.0991 e. The highest BCUT2D eigenvalue weighted by Crippen LogP contribution is 2.11. The minimum absolute atomic E-state index is 0.743.